The molecule has 0 unspecified atom stereocenters. The molecule has 17 heavy (non-hydrogen) atoms. The standard InChI is InChI=1S/C16H28O/c1-11-6-7-12-14(2,3)13-10-16(11,12)9-8-15(13,4)17-5/h11-13H,6-10H2,1-5H3/t11-,12-,13-,15+,16+/m0/s1. The fourth-order valence-electron chi connectivity index (χ4n) is 6.10. The summed E-state index contributed by atoms with van der Waals surface area (Å²) in [5.41, 5.74) is 1.29. The molecular weight excluding hydrogens is 208 g/mol. The van der Waals surface area contributed by atoms with Crippen LogP contribution in [0.3, 0.4) is 0 Å². The number of hydrogen-bond acceptors (Lipinski definition) is 1. The maximum Gasteiger partial charge on any atom is 0.0684 e. The zero-order chi connectivity index (χ0) is 12.5. The molecule has 5 atom stereocenters. The van der Waals surface area contributed by atoms with Gasteiger partial charge in [-0.1, -0.05) is 20.8 Å². The largest absolute Gasteiger partial charge is 0.378 e. The molecule has 2 bridgehead atoms. The highest BCUT2D eigenvalue weighted by molar-refractivity contribution is 5.17. The average molecular weight is 236 g/mol. The second-order valence-electron chi connectivity index (χ2n) is 7.86. The van der Waals surface area contributed by atoms with E-state index in [0.29, 0.717) is 10.8 Å². The molecule has 0 radical (unpaired) electrons. The Bertz CT molecular complexity index is 334. The van der Waals surface area contributed by atoms with E-state index < -0.39 is 0 Å². The normalized spacial score (nSPS) is 55.9. The quantitative estimate of drug-likeness (QED) is 0.661. The summed E-state index contributed by atoms with van der Waals surface area (Å²) in [4.78, 5) is 0. The molecule has 0 heterocycles. The van der Waals surface area contributed by atoms with E-state index in [0.717, 1.165) is 17.8 Å². The molecule has 1 nitrogen and oxygen atoms in total. The van der Waals surface area contributed by atoms with Crippen molar-refractivity contribution in [2.75, 3.05) is 7.11 Å². The first-order chi connectivity index (χ1) is 7.87. The molecular formula is C16H28O. The van der Waals surface area contributed by atoms with Gasteiger partial charge < -0.3 is 4.74 Å². The van der Waals surface area contributed by atoms with Gasteiger partial charge in [0.1, 0.15) is 0 Å². The molecule has 0 amide bonds. The van der Waals surface area contributed by atoms with Crippen LogP contribution in [-0.4, -0.2) is 12.7 Å². The van der Waals surface area contributed by atoms with Gasteiger partial charge in [0.2, 0.25) is 0 Å². The van der Waals surface area contributed by atoms with E-state index in [1.807, 2.05) is 7.11 Å². The lowest BCUT2D eigenvalue weighted by atomic mass is 9.64. The fraction of sp³-hybridized carbons (Fsp3) is 1.00. The van der Waals surface area contributed by atoms with Crippen LogP contribution in [0.5, 0.6) is 0 Å². The van der Waals surface area contributed by atoms with Crippen LogP contribution in [-0.2, 0) is 4.74 Å². The number of rotatable bonds is 1. The predicted molar refractivity (Wildman–Crippen MR) is 70.9 cm³/mol. The first kappa shape index (κ1) is 12.0. The lowest BCUT2D eigenvalue weighted by molar-refractivity contribution is -0.100. The van der Waals surface area contributed by atoms with Gasteiger partial charge in [-0.2, -0.15) is 0 Å². The summed E-state index contributed by atoms with van der Waals surface area (Å²) in [5.74, 6) is 2.66. The number of hydrogen-bond donors (Lipinski definition) is 0. The topological polar surface area (TPSA) is 9.23 Å². The molecule has 3 rings (SSSR count). The Hall–Kier alpha value is -0.0400. The highest BCUT2D eigenvalue weighted by Crippen LogP contribution is 2.73. The molecule has 0 N–H and O–H groups in total. The van der Waals surface area contributed by atoms with Crippen molar-refractivity contribution in [1.82, 2.24) is 0 Å². The molecule has 3 aliphatic carbocycles. The SMILES string of the molecule is CO[C@]1(C)CC[C@]23C[C@H]1C(C)(C)[C@@H]2CC[C@@H]3C. The van der Waals surface area contributed by atoms with Crippen molar-refractivity contribution in [2.24, 2.45) is 28.6 Å². The third-order valence-corrected chi connectivity index (χ3v) is 7.23. The molecule has 3 saturated carbocycles. The summed E-state index contributed by atoms with van der Waals surface area (Å²) in [6, 6.07) is 0. The summed E-state index contributed by atoms with van der Waals surface area (Å²) < 4.78 is 5.94. The number of fused-ring (bicyclic) bond motifs is 1. The first-order valence-corrected chi connectivity index (χ1v) is 7.42. The summed E-state index contributed by atoms with van der Waals surface area (Å²) in [7, 11) is 1.92. The number of ether oxygens (including phenoxy) is 1. The molecule has 0 saturated heterocycles. The Kier molecular flexibility index (Phi) is 2.32. The Morgan fingerprint density at radius 1 is 1.00 bits per heavy atom. The van der Waals surface area contributed by atoms with E-state index >= 15 is 0 Å². The van der Waals surface area contributed by atoms with Gasteiger partial charge in [-0.3, -0.25) is 0 Å². The van der Waals surface area contributed by atoms with E-state index in [-0.39, 0.29) is 5.60 Å². The van der Waals surface area contributed by atoms with Crippen LogP contribution in [0.1, 0.15) is 59.8 Å². The maximum atomic E-state index is 5.94. The van der Waals surface area contributed by atoms with Crippen LogP contribution in [0.2, 0.25) is 0 Å². The molecule has 98 valence electrons. The Labute approximate surface area is 106 Å². The molecule has 0 aliphatic heterocycles. The minimum absolute atomic E-state index is 0.138. The van der Waals surface area contributed by atoms with Gasteiger partial charge in [-0.05, 0) is 67.6 Å². The van der Waals surface area contributed by atoms with Crippen LogP contribution >= 0.6 is 0 Å². The van der Waals surface area contributed by atoms with Crippen molar-refractivity contribution in [3.8, 4) is 0 Å². The summed E-state index contributed by atoms with van der Waals surface area (Å²) in [5, 5.41) is 0. The van der Waals surface area contributed by atoms with E-state index in [1.54, 1.807) is 0 Å². The van der Waals surface area contributed by atoms with Crippen LogP contribution in [0.25, 0.3) is 0 Å². The van der Waals surface area contributed by atoms with Crippen molar-refractivity contribution < 1.29 is 4.74 Å². The minimum atomic E-state index is 0.138. The van der Waals surface area contributed by atoms with E-state index in [4.69, 9.17) is 4.74 Å². The van der Waals surface area contributed by atoms with E-state index in [2.05, 4.69) is 27.7 Å². The van der Waals surface area contributed by atoms with E-state index in [9.17, 15) is 0 Å². The summed E-state index contributed by atoms with van der Waals surface area (Å²) in [6.07, 6.45) is 7.03. The average Bonchev–Trinajstić information content (AvgIpc) is 2.70. The van der Waals surface area contributed by atoms with Crippen molar-refractivity contribution in [1.29, 1.82) is 0 Å². The van der Waals surface area contributed by atoms with Gasteiger partial charge >= 0.3 is 0 Å². The van der Waals surface area contributed by atoms with E-state index in [1.165, 1.54) is 32.1 Å². The summed E-state index contributed by atoms with van der Waals surface area (Å²) >= 11 is 0. The monoisotopic (exact) mass is 236 g/mol. The van der Waals surface area contributed by atoms with Gasteiger partial charge in [0, 0.05) is 7.11 Å². The summed E-state index contributed by atoms with van der Waals surface area (Å²) in [6.45, 7) is 9.90. The van der Waals surface area contributed by atoms with Crippen LogP contribution in [0.4, 0.5) is 0 Å². The van der Waals surface area contributed by atoms with Gasteiger partial charge in [0.15, 0.2) is 0 Å². The lowest BCUT2D eigenvalue weighted by Gasteiger charge is -2.46. The molecule has 1 heteroatoms. The van der Waals surface area contributed by atoms with Gasteiger partial charge in [0.05, 0.1) is 5.60 Å². The fourth-order valence-corrected chi connectivity index (χ4v) is 6.10. The van der Waals surface area contributed by atoms with Gasteiger partial charge in [0.25, 0.3) is 0 Å². The predicted octanol–water partition coefficient (Wildman–Crippen LogP) is 4.26. The minimum Gasteiger partial charge on any atom is -0.378 e. The molecule has 0 aromatic carbocycles. The third kappa shape index (κ3) is 1.25. The highest BCUT2D eigenvalue weighted by Gasteiger charge is 2.68. The Morgan fingerprint density at radius 2 is 1.71 bits per heavy atom. The van der Waals surface area contributed by atoms with Crippen LogP contribution in [0.15, 0.2) is 0 Å². The molecule has 1 spiro atoms. The zero-order valence-corrected chi connectivity index (χ0v) is 12.2. The van der Waals surface area contributed by atoms with Crippen LogP contribution < -0.4 is 0 Å². The molecule has 0 aromatic heterocycles. The van der Waals surface area contributed by atoms with Crippen LogP contribution in [0, 0.1) is 28.6 Å². The highest BCUT2D eigenvalue weighted by atomic mass is 16.5. The van der Waals surface area contributed by atoms with Crippen molar-refractivity contribution in [3.05, 3.63) is 0 Å². The van der Waals surface area contributed by atoms with Crippen molar-refractivity contribution in [2.45, 2.75) is 65.4 Å². The molecule has 0 aromatic rings. The smallest absolute Gasteiger partial charge is 0.0684 e. The third-order valence-electron chi connectivity index (χ3n) is 7.23. The van der Waals surface area contributed by atoms with Gasteiger partial charge in [-0.15, -0.1) is 0 Å². The Morgan fingerprint density at radius 3 is 2.35 bits per heavy atom. The number of methoxy groups -OCH3 is 1. The second kappa shape index (κ2) is 3.29. The second-order valence-corrected chi connectivity index (χ2v) is 7.86. The van der Waals surface area contributed by atoms with Crippen molar-refractivity contribution >= 4 is 0 Å². The molecule has 3 aliphatic rings. The molecule has 3 fully saturated rings. The van der Waals surface area contributed by atoms with Crippen molar-refractivity contribution in [3.63, 3.8) is 0 Å². The van der Waals surface area contributed by atoms with Gasteiger partial charge in [-0.25, -0.2) is 0 Å². The Balaban J connectivity index is 2.04. The zero-order valence-electron chi connectivity index (χ0n) is 12.2. The maximum absolute atomic E-state index is 5.94. The first-order valence-electron chi connectivity index (χ1n) is 7.42. The lowest BCUT2D eigenvalue weighted by Crippen LogP contribution is -2.45.